The molecule has 19 heavy (non-hydrogen) atoms. The van der Waals surface area contributed by atoms with Crippen molar-refractivity contribution in [1.29, 1.82) is 0 Å². The maximum atomic E-state index is 6.34. The van der Waals surface area contributed by atoms with Gasteiger partial charge in [-0.05, 0) is 35.3 Å². The topological polar surface area (TPSA) is 26.0 Å². The van der Waals surface area contributed by atoms with Gasteiger partial charge in [-0.2, -0.15) is 0 Å². The lowest BCUT2D eigenvalue weighted by molar-refractivity contribution is 0.113. The van der Waals surface area contributed by atoms with Gasteiger partial charge in [-0.25, -0.2) is 0 Å². The molecule has 4 atom stereocenters. The first-order valence-corrected chi connectivity index (χ1v) is 7.12. The molecule has 1 saturated carbocycles. The SMILES string of the molecule is CC1C(N)C(Cc2ccccc2)C1c1ccccc1. The third kappa shape index (κ3) is 2.31. The summed E-state index contributed by atoms with van der Waals surface area (Å²) < 4.78 is 0. The van der Waals surface area contributed by atoms with Gasteiger partial charge in [-0.1, -0.05) is 67.6 Å². The van der Waals surface area contributed by atoms with E-state index in [1.165, 1.54) is 11.1 Å². The quantitative estimate of drug-likeness (QED) is 0.886. The van der Waals surface area contributed by atoms with E-state index in [2.05, 4.69) is 67.6 Å². The van der Waals surface area contributed by atoms with E-state index < -0.39 is 0 Å². The Balaban J connectivity index is 1.80. The van der Waals surface area contributed by atoms with Gasteiger partial charge in [0.1, 0.15) is 0 Å². The number of nitrogens with two attached hydrogens (primary N) is 1. The molecule has 0 heterocycles. The number of hydrogen-bond acceptors (Lipinski definition) is 1. The van der Waals surface area contributed by atoms with Crippen LogP contribution < -0.4 is 5.73 Å². The molecule has 2 aromatic rings. The molecular formula is C18H21N. The summed E-state index contributed by atoms with van der Waals surface area (Å²) in [5.41, 5.74) is 9.18. The van der Waals surface area contributed by atoms with Crippen LogP contribution in [0.5, 0.6) is 0 Å². The fraction of sp³-hybridized carbons (Fsp3) is 0.333. The van der Waals surface area contributed by atoms with Crippen molar-refractivity contribution < 1.29 is 0 Å². The van der Waals surface area contributed by atoms with Gasteiger partial charge >= 0.3 is 0 Å². The average Bonchev–Trinajstić information content (AvgIpc) is 2.48. The van der Waals surface area contributed by atoms with Crippen molar-refractivity contribution in [2.45, 2.75) is 25.3 Å². The summed E-state index contributed by atoms with van der Waals surface area (Å²) in [5.74, 6) is 1.76. The van der Waals surface area contributed by atoms with Crippen LogP contribution in [0.1, 0.15) is 24.0 Å². The third-order valence-corrected chi connectivity index (χ3v) is 4.63. The summed E-state index contributed by atoms with van der Waals surface area (Å²) in [4.78, 5) is 0. The maximum absolute atomic E-state index is 6.34. The van der Waals surface area contributed by atoms with E-state index in [0.29, 0.717) is 23.8 Å². The van der Waals surface area contributed by atoms with Crippen LogP contribution in [0.15, 0.2) is 60.7 Å². The van der Waals surface area contributed by atoms with Crippen LogP contribution in [0.25, 0.3) is 0 Å². The Morgan fingerprint density at radius 2 is 1.47 bits per heavy atom. The van der Waals surface area contributed by atoms with Gasteiger partial charge in [0.25, 0.3) is 0 Å². The summed E-state index contributed by atoms with van der Waals surface area (Å²) in [6.07, 6.45) is 1.09. The van der Waals surface area contributed by atoms with Crippen LogP contribution in [-0.2, 0) is 6.42 Å². The van der Waals surface area contributed by atoms with Gasteiger partial charge in [-0.15, -0.1) is 0 Å². The average molecular weight is 251 g/mol. The second kappa shape index (κ2) is 5.18. The summed E-state index contributed by atoms with van der Waals surface area (Å²) in [6, 6.07) is 21.9. The molecule has 0 aliphatic heterocycles. The van der Waals surface area contributed by atoms with E-state index in [-0.39, 0.29) is 0 Å². The Morgan fingerprint density at radius 3 is 2.11 bits per heavy atom. The van der Waals surface area contributed by atoms with Gasteiger partial charge in [0.05, 0.1) is 0 Å². The van der Waals surface area contributed by atoms with E-state index in [0.717, 1.165) is 6.42 Å². The molecule has 1 aliphatic carbocycles. The number of hydrogen-bond donors (Lipinski definition) is 1. The zero-order chi connectivity index (χ0) is 13.2. The molecule has 98 valence electrons. The lowest BCUT2D eigenvalue weighted by atomic mass is 9.57. The highest BCUT2D eigenvalue weighted by Gasteiger charge is 2.45. The van der Waals surface area contributed by atoms with Crippen molar-refractivity contribution in [2.24, 2.45) is 17.6 Å². The molecule has 1 heteroatoms. The molecule has 0 amide bonds. The first-order valence-electron chi connectivity index (χ1n) is 7.12. The standard InChI is InChI=1S/C18H21N/c1-13-17(15-10-6-3-7-11-15)16(18(13)19)12-14-8-4-2-5-9-14/h2-11,13,16-18H,12,19H2,1H3. The molecule has 4 unspecified atom stereocenters. The van der Waals surface area contributed by atoms with Crippen molar-refractivity contribution in [3.63, 3.8) is 0 Å². The minimum Gasteiger partial charge on any atom is -0.327 e. The summed E-state index contributed by atoms with van der Waals surface area (Å²) in [7, 11) is 0. The number of rotatable bonds is 3. The molecular weight excluding hydrogens is 230 g/mol. The number of benzene rings is 2. The Labute approximate surface area is 115 Å². The normalized spacial score (nSPS) is 29.8. The molecule has 0 aromatic heterocycles. The third-order valence-electron chi connectivity index (χ3n) is 4.63. The monoisotopic (exact) mass is 251 g/mol. The van der Waals surface area contributed by atoms with Gasteiger partial charge in [0.15, 0.2) is 0 Å². The van der Waals surface area contributed by atoms with E-state index in [1.54, 1.807) is 0 Å². The lowest BCUT2D eigenvalue weighted by Gasteiger charge is -2.49. The molecule has 0 bridgehead atoms. The van der Waals surface area contributed by atoms with Gasteiger partial charge in [-0.3, -0.25) is 0 Å². The van der Waals surface area contributed by atoms with Crippen LogP contribution in [0.2, 0.25) is 0 Å². The van der Waals surface area contributed by atoms with Gasteiger partial charge in [0, 0.05) is 6.04 Å². The predicted molar refractivity (Wildman–Crippen MR) is 80.0 cm³/mol. The van der Waals surface area contributed by atoms with E-state index in [9.17, 15) is 0 Å². The lowest BCUT2D eigenvalue weighted by Crippen LogP contribution is -2.54. The highest BCUT2D eigenvalue weighted by Crippen LogP contribution is 2.47. The molecule has 1 aliphatic rings. The zero-order valence-corrected chi connectivity index (χ0v) is 11.4. The Morgan fingerprint density at radius 1 is 0.895 bits per heavy atom. The second-order valence-corrected chi connectivity index (χ2v) is 5.73. The fourth-order valence-electron chi connectivity index (χ4n) is 3.49. The maximum Gasteiger partial charge on any atom is 0.0108 e. The van der Waals surface area contributed by atoms with Gasteiger partial charge < -0.3 is 5.73 Å². The van der Waals surface area contributed by atoms with E-state index in [4.69, 9.17) is 5.73 Å². The van der Waals surface area contributed by atoms with E-state index in [1.807, 2.05) is 0 Å². The van der Waals surface area contributed by atoms with Crippen molar-refractivity contribution in [3.8, 4) is 0 Å². The first-order chi connectivity index (χ1) is 9.27. The van der Waals surface area contributed by atoms with Crippen LogP contribution >= 0.6 is 0 Å². The van der Waals surface area contributed by atoms with Crippen LogP contribution in [0.4, 0.5) is 0 Å². The predicted octanol–water partition coefficient (Wildman–Crippen LogP) is 3.61. The van der Waals surface area contributed by atoms with Crippen LogP contribution in [0.3, 0.4) is 0 Å². The minimum absolute atomic E-state index is 0.324. The smallest absolute Gasteiger partial charge is 0.0108 e. The van der Waals surface area contributed by atoms with E-state index >= 15 is 0 Å². The minimum atomic E-state index is 0.324. The molecule has 1 fully saturated rings. The van der Waals surface area contributed by atoms with Crippen molar-refractivity contribution in [2.75, 3.05) is 0 Å². The Bertz CT molecular complexity index is 520. The summed E-state index contributed by atoms with van der Waals surface area (Å²) in [6.45, 7) is 2.28. The Hall–Kier alpha value is -1.60. The molecule has 0 spiro atoms. The largest absolute Gasteiger partial charge is 0.327 e. The fourth-order valence-corrected chi connectivity index (χ4v) is 3.49. The van der Waals surface area contributed by atoms with Crippen LogP contribution in [0, 0.1) is 11.8 Å². The van der Waals surface area contributed by atoms with Crippen molar-refractivity contribution >= 4 is 0 Å². The summed E-state index contributed by atoms with van der Waals surface area (Å²) >= 11 is 0. The van der Waals surface area contributed by atoms with Crippen LogP contribution in [-0.4, -0.2) is 6.04 Å². The molecule has 2 N–H and O–H groups in total. The Kier molecular flexibility index (Phi) is 3.39. The highest BCUT2D eigenvalue weighted by molar-refractivity contribution is 5.28. The molecule has 0 saturated heterocycles. The highest BCUT2D eigenvalue weighted by atomic mass is 14.7. The summed E-state index contributed by atoms with van der Waals surface area (Å²) in [5, 5.41) is 0. The van der Waals surface area contributed by atoms with Gasteiger partial charge in [0.2, 0.25) is 0 Å². The molecule has 0 radical (unpaired) electrons. The zero-order valence-electron chi connectivity index (χ0n) is 11.4. The van der Waals surface area contributed by atoms with Crippen molar-refractivity contribution in [1.82, 2.24) is 0 Å². The molecule has 1 nitrogen and oxygen atoms in total. The first kappa shape index (κ1) is 12.4. The van der Waals surface area contributed by atoms with Crippen molar-refractivity contribution in [3.05, 3.63) is 71.8 Å². The molecule has 3 rings (SSSR count). The second-order valence-electron chi connectivity index (χ2n) is 5.73. The molecule has 2 aromatic carbocycles.